The maximum atomic E-state index is 2.34. The number of hydrogen-bond donors (Lipinski definition) is 0. The molecule has 1 unspecified atom stereocenters. The highest BCUT2D eigenvalue weighted by Gasteiger charge is 2.08. The van der Waals surface area contributed by atoms with Crippen LogP contribution in [-0.2, 0) is 0 Å². The quantitative estimate of drug-likeness (QED) is 0.132. The Morgan fingerprint density at radius 1 is 0.276 bits per heavy atom. The van der Waals surface area contributed by atoms with Gasteiger partial charge in [0.1, 0.15) is 0 Å². The topological polar surface area (TPSA) is 0 Å². The third kappa shape index (κ3) is 24.1. The van der Waals surface area contributed by atoms with Crippen LogP contribution in [0.25, 0.3) is 0 Å². The van der Waals surface area contributed by atoms with E-state index < -0.39 is 0 Å². The van der Waals surface area contributed by atoms with Gasteiger partial charge in [0.25, 0.3) is 0 Å². The van der Waals surface area contributed by atoms with Crippen LogP contribution in [0.1, 0.15) is 181 Å². The van der Waals surface area contributed by atoms with Crippen molar-refractivity contribution >= 4 is 0 Å². The average molecular weight is 409 g/mol. The largest absolute Gasteiger partial charge is 0.0654 e. The molecule has 0 aliphatic heterocycles. The molecule has 0 saturated heterocycles. The van der Waals surface area contributed by atoms with Crippen LogP contribution in [0.15, 0.2) is 0 Å². The van der Waals surface area contributed by atoms with E-state index in [0.29, 0.717) is 0 Å². The fourth-order valence-electron chi connectivity index (χ4n) is 4.78. The van der Waals surface area contributed by atoms with E-state index in [2.05, 4.69) is 20.8 Å². The predicted molar refractivity (Wildman–Crippen MR) is 136 cm³/mol. The van der Waals surface area contributed by atoms with Gasteiger partial charge in [-0.2, -0.15) is 0 Å². The van der Waals surface area contributed by atoms with E-state index in [4.69, 9.17) is 0 Å². The van der Waals surface area contributed by atoms with Crippen molar-refractivity contribution < 1.29 is 0 Å². The number of unbranched alkanes of at least 4 members (excludes halogenated alkanes) is 19. The van der Waals surface area contributed by atoms with E-state index in [1.807, 2.05) is 0 Å². The summed E-state index contributed by atoms with van der Waals surface area (Å²) in [5.41, 5.74) is 0. The SMILES string of the molecule is CCCCCCCCCCCCCCCCCC(CCCCC)CCCCCC. The lowest BCUT2D eigenvalue weighted by molar-refractivity contribution is 0.368. The Morgan fingerprint density at radius 2 is 0.483 bits per heavy atom. The molecule has 0 nitrogen and oxygen atoms in total. The Morgan fingerprint density at radius 3 is 0.828 bits per heavy atom. The van der Waals surface area contributed by atoms with Gasteiger partial charge >= 0.3 is 0 Å². The van der Waals surface area contributed by atoms with Crippen LogP contribution in [0.4, 0.5) is 0 Å². The Bertz CT molecular complexity index is 269. The molecule has 0 spiro atoms. The van der Waals surface area contributed by atoms with Crippen molar-refractivity contribution in [3.05, 3.63) is 0 Å². The number of rotatable bonds is 25. The van der Waals surface area contributed by atoms with E-state index in [-0.39, 0.29) is 0 Å². The van der Waals surface area contributed by atoms with Crippen molar-refractivity contribution in [1.29, 1.82) is 0 Å². The summed E-state index contributed by atoms with van der Waals surface area (Å²) in [6.45, 7) is 6.97. The van der Waals surface area contributed by atoms with Gasteiger partial charge in [0.15, 0.2) is 0 Å². The van der Waals surface area contributed by atoms with E-state index in [0.717, 1.165) is 5.92 Å². The normalized spacial score (nSPS) is 12.5. The van der Waals surface area contributed by atoms with Crippen LogP contribution in [0.5, 0.6) is 0 Å². The molecule has 0 rings (SSSR count). The van der Waals surface area contributed by atoms with Crippen LogP contribution < -0.4 is 0 Å². The molecule has 0 heterocycles. The zero-order valence-electron chi connectivity index (χ0n) is 21.3. The van der Waals surface area contributed by atoms with Crippen LogP contribution in [0.3, 0.4) is 0 Å². The van der Waals surface area contributed by atoms with Crippen LogP contribution in [-0.4, -0.2) is 0 Å². The molecular formula is C29H60. The summed E-state index contributed by atoms with van der Waals surface area (Å²) in [7, 11) is 0. The fraction of sp³-hybridized carbons (Fsp3) is 1.00. The highest BCUT2D eigenvalue weighted by Crippen LogP contribution is 2.24. The predicted octanol–water partition coefficient (Wildman–Crippen LogP) is 11.4. The molecule has 1 atom stereocenters. The van der Waals surface area contributed by atoms with Gasteiger partial charge < -0.3 is 0 Å². The lowest BCUT2D eigenvalue weighted by atomic mass is 9.90. The van der Waals surface area contributed by atoms with Crippen molar-refractivity contribution in [2.45, 2.75) is 181 Å². The summed E-state index contributed by atoms with van der Waals surface area (Å²) < 4.78 is 0. The van der Waals surface area contributed by atoms with Crippen LogP contribution in [0, 0.1) is 5.92 Å². The summed E-state index contributed by atoms with van der Waals surface area (Å²) >= 11 is 0. The Kier molecular flexibility index (Phi) is 26.0. The van der Waals surface area contributed by atoms with Gasteiger partial charge in [-0.05, 0) is 5.92 Å². The molecule has 0 fully saturated rings. The molecule has 0 aromatic heterocycles. The molecule has 0 aliphatic carbocycles. The summed E-state index contributed by atoms with van der Waals surface area (Å²) in [5, 5.41) is 0. The van der Waals surface area contributed by atoms with Gasteiger partial charge in [-0.15, -0.1) is 0 Å². The molecule has 0 radical (unpaired) electrons. The van der Waals surface area contributed by atoms with Gasteiger partial charge in [-0.25, -0.2) is 0 Å². The number of hydrogen-bond acceptors (Lipinski definition) is 0. The van der Waals surface area contributed by atoms with Crippen molar-refractivity contribution in [2.75, 3.05) is 0 Å². The van der Waals surface area contributed by atoms with Crippen LogP contribution in [0.2, 0.25) is 0 Å². The maximum Gasteiger partial charge on any atom is -0.0414 e. The van der Waals surface area contributed by atoms with E-state index in [1.165, 1.54) is 161 Å². The highest BCUT2D eigenvalue weighted by molar-refractivity contribution is 4.61. The molecular weight excluding hydrogens is 348 g/mol. The lowest BCUT2D eigenvalue weighted by Crippen LogP contribution is -2.01. The van der Waals surface area contributed by atoms with Gasteiger partial charge in [0, 0.05) is 0 Å². The molecule has 0 heteroatoms. The Labute approximate surface area is 187 Å². The first-order valence-electron chi connectivity index (χ1n) is 14.3. The molecule has 176 valence electrons. The molecule has 0 aromatic rings. The highest BCUT2D eigenvalue weighted by atomic mass is 14.1. The van der Waals surface area contributed by atoms with Crippen molar-refractivity contribution in [1.82, 2.24) is 0 Å². The third-order valence-corrected chi connectivity index (χ3v) is 6.90. The minimum absolute atomic E-state index is 1.04. The second-order valence-electron chi connectivity index (χ2n) is 9.95. The van der Waals surface area contributed by atoms with Crippen molar-refractivity contribution in [2.24, 2.45) is 5.92 Å². The zero-order valence-corrected chi connectivity index (χ0v) is 21.3. The summed E-state index contributed by atoms with van der Waals surface area (Å²) in [6, 6.07) is 0. The smallest absolute Gasteiger partial charge is 0.0414 e. The minimum Gasteiger partial charge on any atom is -0.0654 e. The van der Waals surface area contributed by atoms with Gasteiger partial charge in [0.2, 0.25) is 0 Å². The van der Waals surface area contributed by atoms with Crippen LogP contribution >= 0.6 is 0 Å². The first-order chi connectivity index (χ1) is 14.3. The first-order valence-corrected chi connectivity index (χ1v) is 14.3. The average Bonchev–Trinajstić information content (AvgIpc) is 2.73. The van der Waals surface area contributed by atoms with Crippen molar-refractivity contribution in [3.8, 4) is 0 Å². The minimum atomic E-state index is 1.04. The molecule has 0 amide bonds. The molecule has 0 aliphatic rings. The standard InChI is InChI=1S/C29H60/c1-4-7-10-12-13-14-15-16-17-18-19-20-21-22-25-28-29(26-23-9-6-3)27-24-11-8-5-2/h29H,4-28H2,1-3H3. The van der Waals surface area contributed by atoms with Crippen molar-refractivity contribution in [3.63, 3.8) is 0 Å². The second-order valence-corrected chi connectivity index (χ2v) is 9.95. The van der Waals surface area contributed by atoms with Gasteiger partial charge in [-0.3, -0.25) is 0 Å². The Balaban J connectivity index is 3.42. The third-order valence-electron chi connectivity index (χ3n) is 6.90. The molecule has 0 saturated carbocycles. The second kappa shape index (κ2) is 26.0. The van der Waals surface area contributed by atoms with Gasteiger partial charge in [0.05, 0.1) is 0 Å². The molecule has 0 N–H and O–H groups in total. The van der Waals surface area contributed by atoms with E-state index >= 15 is 0 Å². The zero-order chi connectivity index (χ0) is 21.3. The summed E-state index contributed by atoms with van der Waals surface area (Å²) in [5.74, 6) is 1.04. The Hall–Kier alpha value is 0. The summed E-state index contributed by atoms with van der Waals surface area (Å²) in [4.78, 5) is 0. The van der Waals surface area contributed by atoms with Gasteiger partial charge in [-0.1, -0.05) is 181 Å². The maximum absolute atomic E-state index is 2.34. The lowest BCUT2D eigenvalue weighted by Gasteiger charge is -2.16. The van der Waals surface area contributed by atoms with E-state index in [9.17, 15) is 0 Å². The molecule has 29 heavy (non-hydrogen) atoms. The molecule has 0 bridgehead atoms. The first kappa shape index (κ1) is 29.0. The monoisotopic (exact) mass is 408 g/mol. The fourth-order valence-corrected chi connectivity index (χ4v) is 4.78. The van der Waals surface area contributed by atoms with E-state index in [1.54, 1.807) is 0 Å². The molecule has 0 aromatic carbocycles. The summed E-state index contributed by atoms with van der Waals surface area (Å²) in [6.07, 6.45) is 36.8.